The van der Waals surface area contributed by atoms with Crippen molar-refractivity contribution in [3.8, 4) is 11.5 Å². The van der Waals surface area contributed by atoms with Gasteiger partial charge in [0.15, 0.2) is 5.82 Å². The van der Waals surface area contributed by atoms with E-state index < -0.39 is 9.84 Å². The van der Waals surface area contributed by atoms with Crippen molar-refractivity contribution < 1.29 is 12.9 Å². The quantitative estimate of drug-likeness (QED) is 0.828. The Morgan fingerprint density at radius 1 is 1.30 bits per heavy atom. The molecule has 0 fully saturated rings. The molecule has 0 bridgehead atoms. The monoisotopic (exact) mass is 338 g/mol. The van der Waals surface area contributed by atoms with E-state index in [1.165, 1.54) is 6.26 Å². The fourth-order valence-corrected chi connectivity index (χ4v) is 2.73. The summed E-state index contributed by atoms with van der Waals surface area (Å²) in [5.74, 6) is 2.09. The Hall–Kier alpha value is -1.96. The number of rotatable bonds is 7. The number of sulfone groups is 1. The molecule has 1 atom stereocenters. The highest BCUT2D eigenvalue weighted by Crippen LogP contribution is 2.22. The van der Waals surface area contributed by atoms with Crippen LogP contribution in [0.4, 0.5) is 5.82 Å². The summed E-state index contributed by atoms with van der Waals surface area (Å²) in [4.78, 5) is 8.60. The molecule has 2 aromatic heterocycles. The van der Waals surface area contributed by atoms with Gasteiger partial charge in [0.2, 0.25) is 0 Å². The van der Waals surface area contributed by atoms with E-state index in [4.69, 9.17) is 4.52 Å². The summed E-state index contributed by atoms with van der Waals surface area (Å²) in [5.41, 5.74) is 0.775. The van der Waals surface area contributed by atoms with Gasteiger partial charge in [-0.05, 0) is 25.5 Å². The van der Waals surface area contributed by atoms with E-state index in [0.29, 0.717) is 24.0 Å². The van der Waals surface area contributed by atoms with Gasteiger partial charge in [-0.1, -0.05) is 19.0 Å². The van der Waals surface area contributed by atoms with Gasteiger partial charge in [0, 0.05) is 30.0 Å². The number of nitrogens with zero attached hydrogens (tertiary/aromatic N) is 3. The molecule has 2 aromatic rings. The van der Waals surface area contributed by atoms with Crippen LogP contribution in [0.2, 0.25) is 0 Å². The third-order valence-corrected chi connectivity index (χ3v) is 4.26. The summed E-state index contributed by atoms with van der Waals surface area (Å²) in [6.45, 7) is 5.92. The van der Waals surface area contributed by atoms with E-state index in [0.717, 1.165) is 5.56 Å². The zero-order valence-corrected chi connectivity index (χ0v) is 14.6. The van der Waals surface area contributed by atoms with Crippen molar-refractivity contribution in [1.29, 1.82) is 0 Å². The highest BCUT2D eigenvalue weighted by molar-refractivity contribution is 7.90. The van der Waals surface area contributed by atoms with E-state index in [-0.39, 0.29) is 17.7 Å². The van der Waals surface area contributed by atoms with E-state index in [9.17, 15) is 8.42 Å². The van der Waals surface area contributed by atoms with Gasteiger partial charge in [-0.3, -0.25) is 0 Å². The fourth-order valence-electron chi connectivity index (χ4n) is 1.94. The van der Waals surface area contributed by atoms with Crippen LogP contribution in [-0.4, -0.2) is 41.6 Å². The Morgan fingerprint density at radius 3 is 2.65 bits per heavy atom. The largest absolute Gasteiger partial charge is 0.368 e. The van der Waals surface area contributed by atoms with Crippen molar-refractivity contribution in [3.63, 3.8) is 0 Å². The molecule has 0 saturated heterocycles. The zero-order valence-electron chi connectivity index (χ0n) is 13.8. The second-order valence-corrected chi connectivity index (χ2v) is 8.27. The van der Waals surface area contributed by atoms with E-state index >= 15 is 0 Å². The third kappa shape index (κ3) is 5.31. The smallest absolute Gasteiger partial charge is 0.258 e. The molecule has 0 aliphatic carbocycles. The van der Waals surface area contributed by atoms with Gasteiger partial charge >= 0.3 is 0 Å². The van der Waals surface area contributed by atoms with Crippen LogP contribution < -0.4 is 5.32 Å². The average molecular weight is 338 g/mol. The average Bonchev–Trinajstić information content (AvgIpc) is 2.95. The minimum Gasteiger partial charge on any atom is -0.368 e. The van der Waals surface area contributed by atoms with Gasteiger partial charge < -0.3 is 9.84 Å². The second-order valence-electron chi connectivity index (χ2n) is 6.01. The molecule has 0 spiro atoms. The first-order valence-corrected chi connectivity index (χ1v) is 9.55. The lowest BCUT2D eigenvalue weighted by atomic mass is 10.2. The van der Waals surface area contributed by atoms with Crippen molar-refractivity contribution in [2.45, 2.75) is 39.2 Å². The minimum atomic E-state index is -2.96. The van der Waals surface area contributed by atoms with E-state index in [1.807, 2.05) is 26.8 Å². The van der Waals surface area contributed by atoms with Crippen LogP contribution in [0.15, 0.2) is 22.9 Å². The molecule has 8 heteroatoms. The molecular formula is C15H22N4O3S. The molecule has 0 amide bonds. The maximum absolute atomic E-state index is 11.2. The lowest BCUT2D eigenvalue weighted by Crippen LogP contribution is -2.20. The molecule has 0 aromatic carbocycles. The Kier molecular flexibility index (Phi) is 5.35. The van der Waals surface area contributed by atoms with Crippen LogP contribution in [0.5, 0.6) is 0 Å². The van der Waals surface area contributed by atoms with Crippen LogP contribution in [0, 0.1) is 0 Å². The van der Waals surface area contributed by atoms with Gasteiger partial charge in [0.25, 0.3) is 5.89 Å². The summed E-state index contributed by atoms with van der Waals surface area (Å²) in [5, 5.41) is 7.13. The molecule has 0 aliphatic heterocycles. The van der Waals surface area contributed by atoms with Crippen LogP contribution in [0.25, 0.3) is 11.5 Å². The predicted octanol–water partition coefficient (Wildman–Crippen LogP) is 2.49. The normalized spacial score (nSPS) is 13.3. The maximum Gasteiger partial charge on any atom is 0.258 e. The third-order valence-electron chi connectivity index (χ3n) is 3.28. The summed E-state index contributed by atoms with van der Waals surface area (Å²) < 4.78 is 27.7. The summed E-state index contributed by atoms with van der Waals surface area (Å²) in [7, 11) is -2.96. The van der Waals surface area contributed by atoms with Crippen molar-refractivity contribution in [1.82, 2.24) is 15.1 Å². The Balaban J connectivity index is 2.07. The predicted molar refractivity (Wildman–Crippen MR) is 89.0 cm³/mol. The summed E-state index contributed by atoms with van der Waals surface area (Å²) in [6, 6.07) is 3.60. The lowest BCUT2D eigenvalue weighted by molar-refractivity contribution is 0.419. The van der Waals surface area contributed by atoms with Gasteiger partial charge in [0.05, 0.1) is 5.75 Å². The van der Waals surface area contributed by atoms with Crippen molar-refractivity contribution in [2.75, 3.05) is 17.3 Å². The molecule has 0 radical (unpaired) electrons. The first-order chi connectivity index (χ1) is 10.7. The maximum atomic E-state index is 11.2. The second kappa shape index (κ2) is 7.08. The van der Waals surface area contributed by atoms with E-state index in [2.05, 4.69) is 20.4 Å². The standard InChI is InChI=1S/C15H22N4O3S/c1-10(2)14-18-15(22-19-14)12-5-7-16-13(9-12)17-11(3)6-8-23(4,20)21/h5,7,9-11H,6,8H2,1-4H3,(H,16,17). The van der Waals surface area contributed by atoms with Crippen LogP contribution >= 0.6 is 0 Å². The minimum absolute atomic E-state index is 0.0126. The highest BCUT2D eigenvalue weighted by atomic mass is 32.2. The topological polar surface area (TPSA) is 98.0 Å². The van der Waals surface area contributed by atoms with Gasteiger partial charge in [-0.2, -0.15) is 4.98 Å². The number of hydrogen-bond acceptors (Lipinski definition) is 7. The van der Waals surface area contributed by atoms with Crippen LogP contribution in [0.1, 0.15) is 38.9 Å². The Labute approximate surface area is 136 Å². The number of pyridine rings is 1. The SMILES string of the molecule is CC(CCS(C)(=O)=O)Nc1cc(-c2nc(C(C)C)no2)ccn1. The molecule has 0 aliphatic rings. The van der Waals surface area contributed by atoms with Gasteiger partial charge in [-0.15, -0.1) is 0 Å². The van der Waals surface area contributed by atoms with Gasteiger partial charge in [0.1, 0.15) is 15.7 Å². The number of anilines is 1. The number of nitrogens with one attached hydrogen (secondary N) is 1. The van der Waals surface area contributed by atoms with Crippen LogP contribution in [-0.2, 0) is 9.84 Å². The molecular weight excluding hydrogens is 316 g/mol. The fraction of sp³-hybridized carbons (Fsp3) is 0.533. The first-order valence-electron chi connectivity index (χ1n) is 7.49. The lowest BCUT2D eigenvalue weighted by Gasteiger charge is -2.14. The molecule has 23 heavy (non-hydrogen) atoms. The highest BCUT2D eigenvalue weighted by Gasteiger charge is 2.13. The van der Waals surface area contributed by atoms with Crippen molar-refractivity contribution in [2.24, 2.45) is 0 Å². The molecule has 7 nitrogen and oxygen atoms in total. The molecule has 0 saturated carbocycles. The van der Waals surface area contributed by atoms with Gasteiger partial charge in [-0.25, -0.2) is 13.4 Å². The van der Waals surface area contributed by atoms with E-state index in [1.54, 1.807) is 12.3 Å². The molecule has 1 N–H and O–H groups in total. The first kappa shape index (κ1) is 17.4. The summed E-state index contributed by atoms with van der Waals surface area (Å²) in [6.07, 6.45) is 3.41. The molecule has 2 rings (SSSR count). The molecule has 2 heterocycles. The number of hydrogen-bond donors (Lipinski definition) is 1. The van der Waals surface area contributed by atoms with Crippen molar-refractivity contribution in [3.05, 3.63) is 24.2 Å². The zero-order chi connectivity index (χ0) is 17.0. The molecule has 1 unspecified atom stereocenters. The number of aromatic nitrogens is 3. The summed E-state index contributed by atoms with van der Waals surface area (Å²) >= 11 is 0. The van der Waals surface area contributed by atoms with Crippen LogP contribution in [0.3, 0.4) is 0 Å². The Morgan fingerprint density at radius 2 is 2.04 bits per heavy atom. The molecule has 126 valence electrons. The van der Waals surface area contributed by atoms with Crippen molar-refractivity contribution >= 4 is 15.7 Å². The Bertz CT molecular complexity index is 756.